The maximum atomic E-state index is 14.4. The molecule has 0 saturated heterocycles. The molecule has 0 aliphatic heterocycles. The van der Waals surface area contributed by atoms with E-state index < -0.39 is 17.5 Å². The van der Waals surface area contributed by atoms with Crippen LogP contribution in [0.15, 0.2) is 79.4 Å². The third-order valence-corrected chi connectivity index (χ3v) is 4.90. The van der Waals surface area contributed by atoms with Gasteiger partial charge in [0.05, 0.1) is 18.5 Å². The molecule has 0 bridgehead atoms. The van der Waals surface area contributed by atoms with Crippen LogP contribution in [-0.4, -0.2) is 18.4 Å². The summed E-state index contributed by atoms with van der Waals surface area (Å²) in [7, 11) is 0. The predicted octanol–water partition coefficient (Wildman–Crippen LogP) is 4.96. The minimum atomic E-state index is -0.927. The van der Waals surface area contributed by atoms with Crippen molar-refractivity contribution < 1.29 is 18.4 Å². The zero-order chi connectivity index (χ0) is 23.1. The summed E-state index contributed by atoms with van der Waals surface area (Å²) < 4.78 is 27.8. The van der Waals surface area contributed by atoms with Gasteiger partial charge < -0.3 is 10.2 Å². The lowest BCUT2D eigenvalue weighted by Gasteiger charge is -2.24. The van der Waals surface area contributed by atoms with Gasteiger partial charge >= 0.3 is 0 Å². The van der Waals surface area contributed by atoms with E-state index in [2.05, 4.69) is 11.9 Å². The fourth-order valence-electron chi connectivity index (χ4n) is 3.23. The van der Waals surface area contributed by atoms with E-state index in [-0.39, 0.29) is 24.4 Å². The third-order valence-electron chi connectivity index (χ3n) is 4.90. The summed E-state index contributed by atoms with van der Waals surface area (Å²) in [5.74, 6) is -2.46. The topological polar surface area (TPSA) is 49.4 Å². The van der Waals surface area contributed by atoms with Gasteiger partial charge in [-0.15, -0.1) is 6.58 Å². The van der Waals surface area contributed by atoms with E-state index in [0.29, 0.717) is 23.9 Å². The monoisotopic (exact) mass is 434 g/mol. The second kappa shape index (κ2) is 10.5. The molecule has 3 rings (SSSR count). The van der Waals surface area contributed by atoms with Gasteiger partial charge in [-0.1, -0.05) is 48.0 Å². The molecule has 1 N–H and O–H groups in total. The number of nitrogens with zero attached hydrogens (tertiary/aromatic N) is 1. The van der Waals surface area contributed by atoms with Crippen LogP contribution in [0.3, 0.4) is 0 Å². The Labute approximate surface area is 186 Å². The van der Waals surface area contributed by atoms with Gasteiger partial charge in [0, 0.05) is 18.3 Å². The highest BCUT2D eigenvalue weighted by molar-refractivity contribution is 6.06. The molecule has 3 aromatic rings. The van der Waals surface area contributed by atoms with Crippen LogP contribution in [0.1, 0.15) is 27.0 Å². The number of carbonyl (C=O) groups is 2. The van der Waals surface area contributed by atoms with E-state index in [0.717, 1.165) is 23.3 Å². The van der Waals surface area contributed by atoms with E-state index in [1.54, 1.807) is 30.3 Å². The lowest BCUT2D eigenvalue weighted by molar-refractivity contribution is -0.120. The molecular formula is C26H24F2N2O2. The van der Waals surface area contributed by atoms with Crippen molar-refractivity contribution in [3.63, 3.8) is 0 Å². The van der Waals surface area contributed by atoms with Crippen LogP contribution in [0, 0.1) is 18.6 Å². The molecule has 0 fully saturated rings. The Bertz CT molecular complexity index is 1130. The van der Waals surface area contributed by atoms with Crippen LogP contribution < -0.4 is 10.2 Å². The summed E-state index contributed by atoms with van der Waals surface area (Å²) in [4.78, 5) is 26.8. The van der Waals surface area contributed by atoms with Crippen molar-refractivity contribution in [3.8, 4) is 0 Å². The van der Waals surface area contributed by atoms with Crippen LogP contribution in [-0.2, 0) is 17.8 Å². The number of carbonyl (C=O) groups excluding carboxylic acids is 2. The Kier molecular flexibility index (Phi) is 7.49. The van der Waals surface area contributed by atoms with Crippen LogP contribution >= 0.6 is 0 Å². The number of halogens is 2. The van der Waals surface area contributed by atoms with Crippen LogP contribution in [0.4, 0.5) is 14.5 Å². The number of anilines is 1. The number of nitrogens with one attached hydrogen (secondary N) is 1. The van der Waals surface area contributed by atoms with Gasteiger partial charge in [-0.05, 0) is 42.3 Å². The Morgan fingerprint density at radius 1 is 1.00 bits per heavy atom. The van der Waals surface area contributed by atoms with Crippen molar-refractivity contribution in [3.05, 3.63) is 113 Å². The maximum Gasteiger partial charge on any atom is 0.261 e. The molecule has 0 saturated carbocycles. The molecule has 32 heavy (non-hydrogen) atoms. The van der Waals surface area contributed by atoms with Crippen molar-refractivity contribution in [1.29, 1.82) is 0 Å². The van der Waals surface area contributed by atoms with Gasteiger partial charge in [-0.25, -0.2) is 8.78 Å². The fourth-order valence-corrected chi connectivity index (χ4v) is 3.23. The summed E-state index contributed by atoms with van der Waals surface area (Å²) in [6.07, 6.45) is 1.71. The normalized spacial score (nSPS) is 10.5. The van der Waals surface area contributed by atoms with Crippen LogP contribution in [0.25, 0.3) is 0 Å². The van der Waals surface area contributed by atoms with E-state index in [4.69, 9.17) is 0 Å². The fraction of sp³-hybridized carbons (Fsp3) is 0.154. The van der Waals surface area contributed by atoms with Gasteiger partial charge in [0.25, 0.3) is 5.91 Å². The highest BCUT2D eigenvalue weighted by Crippen LogP contribution is 2.23. The Hall–Kier alpha value is -3.80. The number of aryl methyl sites for hydroxylation is 1. The molecule has 0 aromatic heterocycles. The zero-order valence-corrected chi connectivity index (χ0v) is 17.8. The minimum absolute atomic E-state index is 0.124. The first-order chi connectivity index (χ1) is 15.4. The van der Waals surface area contributed by atoms with E-state index in [1.165, 1.54) is 4.90 Å². The van der Waals surface area contributed by atoms with Crippen molar-refractivity contribution in [2.24, 2.45) is 0 Å². The zero-order valence-electron chi connectivity index (χ0n) is 17.8. The van der Waals surface area contributed by atoms with Crippen LogP contribution in [0.5, 0.6) is 0 Å². The SMILES string of the molecule is C=CCNC(=O)Cc1cccc(N(Cc2ccc(C)cc2)C(=O)c2ccc(F)cc2F)c1. The third kappa shape index (κ3) is 5.88. The Morgan fingerprint density at radius 3 is 2.44 bits per heavy atom. The average molecular weight is 434 g/mol. The summed E-state index contributed by atoms with van der Waals surface area (Å²) >= 11 is 0. The van der Waals surface area contributed by atoms with Gasteiger partial charge in [0.1, 0.15) is 11.6 Å². The van der Waals surface area contributed by atoms with E-state index >= 15 is 0 Å². The number of benzene rings is 3. The standard InChI is InChI=1S/C26H24F2N2O2/c1-3-13-29-25(31)15-20-5-4-6-22(14-20)30(17-19-9-7-18(2)8-10-19)26(32)23-12-11-21(27)16-24(23)28/h3-12,14,16H,1,13,15,17H2,2H3,(H,29,31). The van der Waals surface area contributed by atoms with Crippen molar-refractivity contribution >= 4 is 17.5 Å². The Balaban J connectivity index is 1.95. The highest BCUT2D eigenvalue weighted by Gasteiger charge is 2.22. The molecule has 0 heterocycles. The number of hydrogen-bond acceptors (Lipinski definition) is 2. The van der Waals surface area contributed by atoms with Gasteiger partial charge in [0.15, 0.2) is 0 Å². The van der Waals surface area contributed by atoms with E-state index in [9.17, 15) is 18.4 Å². The maximum absolute atomic E-state index is 14.4. The molecule has 164 valence electrons. The molecule has 0 aliphatic carbocycles. The summed E-state index contributed by atoms with van der Waals surface area (Å²) in [5, 5.41) is 2.71. The van der Waals surface area contributed by atoms with Gasteiger partial charge in [-0.2, -0.15) is 0 Å². The average Bonchev–Trinajstić information content (AvgIpc) is 2.77. The number of rotatable bonds is 8. The summed E-state index contributed by atoms with van der Waals surface area (Å²) in [6.45, 7) is 6.07. The molecule has 0 aliphatic rings. The lowest BCUT2D eigenvalue weighted by Crippen LogP contribution is -2.31. The molecule has 2 amide bonds. The summed E-state index contributed by atoms with van der Waals surface area (Å²) in [6, 6.07) is 17.5. The van der Waals surface area contributed by atoms with Crippen LogP contribution in [0.2, 0.25) is 0 Å². The van der Waals surface area contributed by atoms with Gasteiger partial charge in [-0.3, -0.25) is 9.59 Å². The highest BCUT2D eigenvalue weighted by atomic mass is 19.1. The largest absolute Gasteiger partial charge is 0.352 e. The molecule has 6 heteroatoms. The molecule has 0 radical (unpaired) electrons. The molecule has 0 spiro atoms. The van der Waals surface area contributed by atoms with Crippen molar-refractivity contribution in [1.82, 2.24) is 5.32 Å². The first-order valence-electron chi connectivity index (χ1n) is 10.2. The second-order valence-corrected chi connectivity index (χ2v) is 7.44. The molecule has 4 nitrogen and oxygen atoms in total. The number of amides is 2. The lowest BCUT2D eigenvalue weighted by atomic mass is 10.1. The second-order valence-electron chi connectivity index (χ2n) is 7.44. The minimum Gasteiger partial charge on any atom is -0.352 e. The molecule has 3 aromatic carbocycles. The quantitative estimate of drug-likeness (QED) is 0.509. The molecule has 0 atom stereocenters. The van der Waals surface area contributed by atoms with E-state index in [1.807, 2.05) is 31.2 Å². The predicted molar refractivity (Wildman–Crippen MR) is 121 cm³/mol. The van der Waals surface area contributed by atoms with Crippen molar-refractivity contribution in [2.75, 3.05) is 11.4 Å². The first kappa shape index (κ1) is 22.9. The Morgan fingerprint density at radius 2 is 1.75 bits per heavy atom. The van der Waals surface area contributed by atoms with Gasteiger partial charge in [0.2, 0.25) is 5.91 Å². The van der Waals surface area contributed by atoms with Crippen molar-refractivity contribution in [2.45, 2.75) is 19.9 Å². The number of hydrogen-bond donors (Lipinski definition) is 1. The molecule has 0 unspecified atom stereocenters. The molecular weight excluding hydrogens is 410 g/mol. The smallest absolute Gasteiger partial charge is 0.261 e. The first-order valence-corrected chi connectivity index (χ1v) is 10.2. The summed E-state index contributed by atoms with van der Waals surface area (Å²) in [5.41, 5.74) is 2.90.